The maximum atomic E-state index is 3.49. The van der Waals surface area contributed by atoms with E-state index < -0.39 is 0 Å². The van der Waals surface area contributed by atoms with Crippen molar-refractivity contribution < 1.29 is 0 Å². The molecule has 1 rings (SSSR count). The van der Waals surface area contributed by atoms with Gasteiger partial charge in [0.25, 0.3) is 0 Å². The standard InChI is InChI=1S/C13H27N/c1-3-4-5-6-7-11-13(14-2)12-9-8-10-12/h12-14H,3-11H2,1-2H3. The summed E-state index contributed by atoms with van der Waals surface area (Å²) in [5.41, 5.74) is 0. The highest BCUT2D eigenvalue weighted by Gasteiger charge is 2.25. The molecule has 0 saturated heterocycles. The molecule has 1 heteroatoms. The molecule has 1 unspecified atom stereocenters. The summed E-state index contributed by atoms with van der Waals surface area (Å²) in [6.07, 6.45) is 12.9. The summed E-state index contributed by atoms with van der Waals surface area (Å²) >= 11 is 0. The average Bonchev–Trinajstić information content (AvgIpc) is 2.12. The van der Waals surface area contributed by atoms with E-state index >= 15 is 0 Å². The first-order chi connectivity index (χ1) is 6.88. The van der Waals surface area contributed by atoms with Crippen molar-refractivity contribution >= 4 is 0 Å². The van der Waals surface area contributed by atoms with Crippen LogP contribution in [-0.4, -0.2) is 13.1 Å². The molecule has 1 fully saturated rings. The first kappa shape index (κ1) is 12.0. The lowest BCUT2D eigenvalue weighted by Crippen LogP contribution is -2.37. The molecule has 1 saturated carbocycles. The Morgan fingerprint density at radius 2 is 1.86 bits per heavy atom. The molecule has 0 heterocycles. The van der Waals surface area contributed by atoms with E-state index in [-0.39, 0.29) is 0 Å². The Balaban J connectivity index is 1.97. The Labute approximate surface area is 89.7 Å². The van der Waals surface area contributed by atoms with Crippen LogP contribution in [0.25, 0.3) is 0 Å². The number of hydrogen-bond donors (Lipinski definition) is 1. The van der Waals surface area contributed by atoms with Gasteiger partial charge in [0.05, 0.1) is 0 Å². The van der Waals surface area contributed by atoms with Crippen molar-refractivity contribution in [1.82, 2.24) is 5.32 Å². The van der Waals surface area contributed by atoms with Gasteiger partial charge < -0.3 is 5.32 Å². The zero-order chi connectivity index (χ0) is 10.2. The Bertz CT molecular complexity index is 129. The summed E-state index contributed by atoms with van der Waals surface area (Å²) in [7, 11) is 2.13. The first-order valence-electron chi connectivity index (χ1n) is 6.55. The summed E-state index contributed by atoms with van der Waals surface area (Å²) in [4.78, 5) is 0. The van der Waals surface area contributed by atoms with Crippen molar-refractivity contribution in [3.05, 3.63) is 0 Å². The number of unbranched alkanes of at least 4 members (excludes halogenated alkanes) is 4. The van der Waals surface area contributed by atoms with Crippen molar-refractivity contribution in [2.45, 2.75) is 70.8 Å². The molecule has 1 N–H and O–H groups in total. The molecule has 14 heavy (non-hydrogen) atoms. The van der Waals surface area contributed by atoms with Crippen molar-refractivity contribution in [2.75, 3.05) is 7.05 Å². The molecule has 0 radical (unpaired) electrons. The van der Waals surface area contributed by atoms with Gasteiger partial charge in [-0.2, -0.15) is 0 Å². The van der Waals surface area contributed by atoms with Gasteiger partial charge in [-0.25, -0.2) is 0 Å². The van der Waals surface area contributed by atoms with Crippen LogP contribution < -0.4 is 5.32 Å². The molecule has 0 aromatic rings. The summed E-state index contributed by atoms with van der Waals surface area (Å²) in [6.45, 7) is 2.28. The van der Waals surface area contributed by atoms with Crippen LogP contribution in [-0.2, 0) is 0 Å². The molecule has 0 aliphatic heterocycles. The fourth-order valence-corrected chi connectivity index (χ4v) is 2.43. The molecule has 0 aromatic carbocycles. The van der Waals surface area contributed by atoms with Crippen molar-refractivity contribution in [2.24, 2.45) is 5.92 Å². The minimum atomic E-state index is 0.824. The van der Waals surface area contributed by atoms with Crippen LogP contribution >= 0.6 is 0 Å². The number of rotatable bonds is 8. The highest BCUT2D eigenvalue weighted by Crippen LogP contribution is 2.31. The van der Waals surface area contributed by atoms with Crippen LogP contribution in [0.15, 0.2) is 0 Å². The Morgan fingerprint density at radius 1 is 1.14 bits per heavy atom. The number of nitrogens with one attached hydrogen (secondary N) is 1. The van der Waals surface area contributed by atoms with Gasteiger partial charge in [0.15, 0.2) is 0 Å². The molecular weight excluding hydrogens is 170 g/mol. The van der Waals surface area contributed by atoms with Gasteiger partial charge in [-0.15, -0.1) is 0 Å². The van der Waals surface area contributed by atoms with Gasteiger partial charge >= 0.3 is 0 Å². The Morgan fingerprint density at radius 3 is 2.36 bits per heavy atom. The van der Waals surface area contributed by atoms with Crippen molar-refractivity contribution in [1.29, 1.82) is 0 Å². The van der Waals surface area contributed by atoms with Crippen LogP contribution in [0.3, 0.4) is 0 Å². The monoisotopic (exact) mass is 197 g/mol. The fourth-order valence-electron chi connectivity index (χ4n) is 2.43. The normalized spacial score (nSPS) is 19.3. The summed E-state index contributed by atoms with van der Waals surface area (Å²) in [5.74, 6) is 1.01. The van der Waals surface area contributed by atoms with Crippen LogP contribution in [0.1, 0.15) is 64.7 Å². The second-order valence-electron chi connectivity index (χ2n) is 4.79. The van der Waals surface area contributed by atoms with E-state index in [9.17, 15) is 0 Å². The second-order valence-corrected chi connectivity index (χ2v) is 4.79. The van der Waals surface area contributed by atoms with Gasteiger partial charge in [0.2, 0.25) is 0 Å². The van der Waals surface area contributed by atoms with E-state index in [0.717, 1.165) is 12.0 Å². The molecule has 1 nitrogen and oxygen atoms in total. The summed E-state index contributed by atoms with van der Waals surface area (Å²) < 4.78 is 0. The minimum absolute atomic E-state index is 0.824. The lowest BCUT2D eigenvalue weighted by atomic mass is 9.78. The van der Waals surface area contributed by atoms with E-state index in [1.165, 1.54) is 57.8 Å². The van der Waals surface area contributed by atoms with Crippen LogP contribution in [0.5, 0.6) is 0 Å². The molecular formula is C13H27N. The van der Waals surface area contributed by atoms with Gasteiger partial charge in [0, 0.05) is 6.04 Å². The third kappa shape index (κ3) is 4.00. The summed E-state index contributed by atoms with van der Waals surface area (Å²) in [5, 5.41) is 3.49. The van der Waals surface area contributed by atoms with Gasteiger partial charge in [-0.05, 0) is 32.2 Å². The molecule has 0 amide bonds. The van der Waals surface area contributed by atoms with Crippen molar-refractivity contribution in [3.8, 4) is 0 Å². The van der Waals surface area contributed by atoms with Gasteiger partial charge in [0.1, 0.15) is 0 Å². The maximum Gasteiger partial charge on any atom is 0.00923 e. The lowest BCUT2D eigenvalue weighted by molar-refractivity contribution is 0.224. The van der Waals surface area contributed by atoms with E-state index in [1.54, 1.807) is 0 Å². The van der Waals surface area contributed by atoms with Crippen molar-refractivity contribution in [3.63, 3.8) is 0 Å². The molecule has 0 aromatic heterocycles. The summed E-state index contributed by atoms with van der Waals surface area (Å²) in [6, 6.07) is 0.824. The van der Waals surface area contributed by atoms with E-state index in [4.69, 9.17) is 0 Å². The minimum Gasteiger partial charge on any atom is -0.317 e. The van der Waals surface area contributed by atoms with E-state index in [2.05, 4.69) is 19.3 Å². The predicted octanol–water partition coefficient (Wildman–Crippen LogP) is 3.74. The fraction of sp³-hybridized carbons (Fsp3) is 1.00. The van der Waals surface area contributed by atoms with E-state index in [1.807, 2.05) is 0 Å². The maximum absolute atomic E-state index is 3.49. The van der Waals surface area contributed by atoms with Crippen LogP contribution in [0.2, 0.25) is 0 Å². The molecule has 1 atom stereocenters. The van der Waals surface area contributed by atoms with E-state index in [0.29, 0.717) is 0 Å². The number of hydrogen-bond acceptors (Lipinski definition) is 1. The highest BCUT2D eigenvalue weighted by molar-refractivity contribution is 4.81. The third-order valence-corrected chi connectivity index (χ3v) is 3.71. The largest absolute Gasteiger partial charge is 0.317 e. The lowest BCUT2D eigenvalue weighted by Gasteiger charge is -2.33. The quantitative estimate of drug-likeness (QED) is 0.585. The second kappa shape index (κ2) is 7.28. The molecule has 1 aliphatic rings. The van der Waals surface area contributed by atoms with Gasteiger partial charge in [-0.1, -0.05) is 45.4 Å². The molecule has 0 spiro atoms. The predicted molar refractivity (Wildman–Crippen MR) is 63.6 cm³/mol. The average molecular weight is 197 g/mol. The SMILES string of the molecule is CCCCCCCC(NC)C1CCC1. The zero-order valence-electron chi connectivity index (χ0n) is 10.0. The smallest absolute Gasteiger partial charge is 0.00923 e. The Kier molecular flexibility index (Phi) is 6.25. The highest BCUT2D eigenvalue weighted by atomic mass is 14.9. The molecule has 0 bridgehead atoms. The Hall–Kier alpha value is -0.0400. The first-order valence-corrected chi connectivity index (χ1v) is 6.55. The van der Waals surface area contributed by atoms with Crippen LogP contribution in [0.4, 0.5) is 0 Å². The van der Waals surface area contributed by atoms with Gasteiger partial charge in [-0.3, -0.25) is 0 Å². The molecule has 1 aliphatic carbocycles. The zero-order valence-corrected chi connectivity index (χ0v) is 10.0. The van der Waals surface area contributed by atoms with Crippen LogP contribution in [0, 0.1) is 5.92 Å². The third-order valence-electron chi connectivity index (χ3n) is 3.71. The topological polar surface area (TPSA) is 12.0 Å². The molecule has 84 valence electrons.